The number of aliphatic carboxylic acids is 1. The molecule has 1 saturated heterocycles. The number of benzene rings is 1. The molecule has 1 aromatic carbocycles. The first kappa shape index (κ1) is 14.7. The summed E-state index contributed by atoms with van der Waals surface area (Å²) in [5.41, 5.74) is 4.85. The number of morpholine rings is 1. The van der Waals surface area contributed by atoms with Gasteiger partial charge < -0.3 is 20.5 Å². The third-order valence-corrected chi connectivity index (χ3v) is 3.18. The van der Waals surface area contributed by atoms with E-state index in [-0.39, 0.29) is 36.7 Å². The first-order valence-corrected chi connectivity index (χ1v) is 6.07. The minimum absolute atomic E-state index is 0.00872. The van der Waals surface area contributed by atoms with Crippen molar-refractivity contribution in [2.24, 2.45) is 5.73 Å². The van der Waals surface area contributed by atoms with Crippen molar-refractivity contribution in [3.8, 4) is 0 Å². The Morgan fingerprint density at radius 1 is 1.48 bits per heavy atom. The fourth-order valence-electron chi connectivity index (χ4n) is 2.16. The SMILES string of the molecule is NC(=O)c1ccc(N2CCOCC2C(=O)O)c([N+](=O)[O-])c1. The normalized spacial score (nSPS) is 18.3. The zero-order valence-electron chi connectivity index (χ0n) is 10.9. The number of carboxylic acids is 1. The van der Waals surface area contributed by atoms with Crippen LogP contribution >= 0.6 is 0 Å². The van der Waals surface area contributed by atoms with Gasteiger partial charge in [-0.25, -0.2) is 4.79 Å². The average molecular weight is 295 g/mol. The molecule has 9 nitrogen and oxygen atoms in total. The molecule has 0 radical (unpaired) electrons. The van der Waals surface area contributed by atoms with Gasteiger partial charge in [0.05, 0.1) is 18.1 Å². The van der Waals surface area contributed by atoms with Crippen molar-refractivity contribution < 1.29 is 24.4 Å². The summed E-state index contributed by atoms with van der Waals surface area (Å²) in [4.78, 5) is 34.2. The lowest BCUT2D eigenvalue weighted by atomic mass is 10.1. The van der Waals surface area contributed by atoms with E-state index >= 15 is 0 Å². The van der Waals surface area contributed by atoms with E-state index in [4.69, 9.17) is 10.5 Å². The number of hydrogen-bond acceptors (Lipinski definition) is 6. The molecule has 1 aliphatic heterocycles. The minimum Gasteiger partial charge on any atom is -0.480 e. The standard InChI is InChI=1S/C12H13N3O6/c13-11(16)7-1-2-8(9(5-7)15(19)20)14-3-4-21-6-10(14)12(17)18/h1-2,5,10H,3-4,6H2,(H2,13,16)(H,17,18). The van der Waals surface area contributed by atoms with E-state index < -0.39 is 22.8 Å². The quantitative estimate of drug-likeness (QED) is 0.588. The van der Waals surface area contributed by atoms with E-state index in [0.717, 1.165) is 6.07 Å². The van der Waals surface area contributed by atoms with Gasteiger partial charge in [0.15, 0.2) is 6.04 Å². The Bertz CT molecular complexity index is 603. The fraction of sp³-hybridized carbons (Fsp3) is 0.333. The van der Waals surface area contributed by atoms with Gasteiger partial charge in [-0.1, -0.05) is 0 Å². The molecular formula is C12H13N3O6. The summed E-state index contributed by atoms with van der Waals surface area (Å²) in [7, 11) is 0. The molecule has 0 aliphatic carbocycles. The van der Waals surface area contributed by atoms with Crippen molar-refractivity contribution in [3.05, 3.63) is 33.9 Å². The van der Waals surface area contributed by atoms with Crippen LogP contribution in [-0.2, 0) is 9.53 Å². The van der Waals surface area contributed by atoms with Gasteiger partial charge in [0.25, 0.3) is 5.69 Å². The summed E-state index contributed by atoms with van der Waals surface area (Å²) in [6.45, 7) is 0.399. The van der Waals surface area contributed by atoms with Crippen LogP contribution < -0.4 is 10.6 Å². The maximum absolute atomic E-state index is 11.2. The highest BCUT2D eigenvalue weighted by molar-refractivity contribution is 5.94. The number of primary amides is 1. The number of rotatable bonds is 4. The molecular weight excluding hydrogens is 282 g/mol. The Labute approximate surface area is 119 Å². The number of nitrogens with zero attached hydrogens (tertiary/aromatic N) is 2. The molecule has 0 spiro atoms. The smallest absolute Gasteiger partial charge is 0.328 e. The lowest BCUT2D eigenvalue weighted by Gasteiger charge is -2.34. The van der Waals surface area contributed by atoms with Crippen LogP contribution in [0.4, 0.5) is 11.4 Å². The number of carboxylic acid groups (broad SMARTS) is 1. The number of nitro benzene ring substituents is 1. The predicted molar refractivity (Wildman–Crippen MR) is 71.2 cm³/mol. The van der Waals surface area contributed by atoms with E-state index in [2.05, 4.69) is 0 Å². The van der Waals surface area contributed by atoms with Gasteiger partial charge in [-0.2, -0.15) is 0 Å². The van der Waals surface area contributed by atoms with Crippen LogP contribution in [0.5, 0.6) is 0 Å². The van der Waals surface area contributed by atoms with Crippen molar-refractivity contribution in [2.75, 3.05) is 24.7 Å². The molecule has 3 N–H and O–H groups in total. The Morgan fingerprint density at radius 3 is 2.76 bits per heavy atom. The van der Waals surface area contributed by atoms with E-state index in [9.17, 15) is 24.8 Å². The molecule has 1 atom stereocenters. The van der Waals surface area contributed by atoms with Gasteiger partial charge in [-0.05, 0) is 12.1 Å². The summed E-state index contributed by atoms with van der Waals surface area (Å²) < 4.78 is 5.09. The van der Waals surface area contributed by atoms with Crippen LogP contribution in [0.1, 0.15) is 10.4 Å². The molecule has 1 amide bonds. The van der Waals surface area contributed by atoms with Crippen LogP contribution in [-0.4, -0.2) is 47.7 Å². The number of hydrogen-bond donors (Lipinski definition) is 2. The molecule has 9 heteroatoms. The minimum atomic E-state index is -1.14. The number of anilines is 1. The molecule has 0 bridgehead atoms. The van der Waals surface area contributed by atoms with Crippen LogP contribution in [0.15, 0.2) is 18.2 Å². The third kappa shape index (κ3) is 2.92. The Balaban J connectivity index is 2.48. The zero-order valence-corrected chi connectivity index (χ0v) is 10.9. The van der Waals surface area contributed by atoms with Crippen molar-refractivity contribution in [2.45, 2.75) is 6.04 Å². The predicted octanol–water partition coefficient (Wildman–Crippen LogP) is -0.0165. The highest BCUT2D eigenvalue weighted by Crippen LogP contribution is 2.31. The zero-order chi connectivity index (χ0) is 15.6. The van der Waals surface area contributed by atoms with Crippen molar-refractivity contribution in [3.63, 3.8) is 0 Å². The second-order valence-corrected chi connectivity index (χ2v) is 4.45. The molecule has 112 valence electrons. The number of amides is 1. The summed E-state index contributed by atoms with van der Waals surface area (Å²) in [6, 6.07) is 2.70. The Morgan fingerprint density at radius 2 is 2.19 bits per heavy atom. The maximum atomic E-state index is 11.2. The molecule has 0 saturated carbocycles. The Kier molecular flexibility index (Phi) is 4.03. The van der Waals surface area contributed by atoms with Crippen LogP contribution in [0.25, 0.3) is 0 Å². The van der Waals surface area contributed by atoms with Crippen molar-refractivity contribution >= 4 is 23.3 Å². The molecule has 2 rings (SSSR count). The molecule has 1 aliphatic rings. The lowest BCUT2D eigenvalue weighted by molar-refractivity contribution is -0.384. The molecule has 1 fully saturated rings. The monoisotopic (exact) mass is 295 g/mol. The van der Waals surface area contributed by atoms with Crippen molar-refractivity contribution in [1.29, 1.82) is 0 Å². The van der Waals surface area contributed by atoms with Gasteiger partial charge >= 0.3 is 5.97 Å². The molecule has 1 aromatic rings. The van der Waals surface area contributed by atoms with Crippen LogP contribution in [0, 0.1) is 10.1 Å². The summed E-state index contributed by atoms with van der Waals surface area (Å²) >= 11 is 0. The number of nitrogens with two attached hydrogens (primary N) is 1. The lowest BCUT2D eigenvalue weighted by Crippen LogP contribution is -2.50. The topological polar surface area (TPSA) is 136 Å². The number of ether oxygens (including phenoxy) is 1. The van der Waals surface area contributed by atoms with Gasteiger partial charge in [-0.3, -0.25) is 14.9 Å². The largest absolute Gasteiger partial charge is 0.480 e. The second kappa shape index (κ2) is 5.75. The van der Waals surface area contributed by atoms with Crippen LogP contribution in [0.2, 0.25) is 0 Å². The van der Waals surface area contributed by atoms with E-state index in [1.807, 2.05) is 0 Å². The molecule has 21 heavy (non-hydrogen) atoms. The molecule has 1 heterocycles. The number of carbonyl (C=O) groups is 2. The Hall–Kier alpha value is -2.68. The average Bonchev–Trinajstić information content (AvgIpc) is 2.46. The van der Waals surface area contributed by atoms with Gasteiger partial charge in [0.2, 0.25) is 5.91 Å². The first-order chi connectivity index (χ1) is 9.91. The van der Waals surface area contributed by atoms with E-state index in [1.165, 1.54) is 17.0 Å². The number of nitro groups is 1. The van der Waals surface area contributed by atoms with Crippen LogP contribution in [0.3, 0.4) is 0 Å². The third-order valence-electron chi connectivity index (χ3n) is 3.18. The van der Waals surface area contributed by atoms with Gasteiger partial charge in [0, 0.05) is 18.2 Å². The van der Waals surface area contributed by atoms with Gasteiger partial charge in [-0.15, -0.1) is 0 Å². The van der Waals surface area contributed by atoms with Crippen molar-refractivity contribution in [1.82, 2.24) is 0 Å². The first-order valence-electron chi connectivity index (χ1n) is 6.07. The van der Waals surface area contributed by atoms with E-state index in [1.54, 1.807) is 0 Å². The highest BCUT2D eigenvalue weighted by Gasteiger charge is 2.33. The highest BCUT2D eigenvalue weighted by atomic mass is 16.6. The fourth-order valence-corrected chi connectivity index (χ4v) is 2.16. The maximum Gasteiger partial charge on any atom is 0.328 e. The molecule has 1 unspecified atom stereocenters. The van der Waals surface area contributed by atoms with Gasteiger partial charge in [0.1, 0.15) is 5.69 Å². The summed E-state index contributed by atoms with van der Waals surface area (Å²) in [5.74, 6) is -1.93. The molecule has 0 aromatic heterocycles. The number of carbonyl (C=O) groups excluding carboxylic acids is 1. The second-order valence-electron chi connectivity index (χ2n) is 4.45. The summed E-state index contributed by atoms with van der Waals surface area (Å²) in [5, 5.41) is 20.3. The van der Waals surface area contributed by atoms with E-state index in [0.29, 0.717) is 0 Å². The summed E-state index contributed by atoms with van der Waals surface area (Å²) in [6.07, 6.45) is 0.